The molecule has 0 unspecified atom stereocenters. The van der Waals surface area contributed by atoms with E-state index in [2.05, 4.69) is 34.1 Å². The van der Waals surface area contributed by atoms with Gasteiger partial charge in [-0.3, -0.25) is 19.4 Å². The average molecular weight is 405 g/mol. The molecule has 4 rings (SSSR count). The first-order chi connectivity index (χ1) is 14.6. The molecule has 6 heteroatoms. The number of carbonyl (C=O) groups excluding carboxylic acids is 2. The smallest absolute Gasteiger partial charge is 0.277 e. The van der Waals surface area contributed by atoms with E-state index >= 15 is 0 Å². The zero-order valence-electron chi connectivity index (χ0n) is 17.5. The lowest BCUT2D eigenvalue weighted by molar-refractivity contribution is -0.136. The Morgan fingerprint density at radius 2 is 1.53 bits per heavy atom. The number of ether oxygens (including phenoxy) is 1. The van der Waals surface area contributed by atoms with Crippen molar-refractivity contribution < 1.29 is 14.3 Å². The summed E-state index contributed by atoms with van der Waals surface area (Å²) in [6, 6.07) is 17.8. The minimum Gasteiger partial charge on any atom is -0.494 e. The summed E-state index contributed by atoms with van der Waals surface area (Å²) in [7, 11) is 1.55. The number of nitrogens with zero attached hydrogens (tertiary/aromatic N) is 3. The lowest BCUT2D eigenvalue weighted by atomic mass is 10.0. The molecule has 1 saturated heterocycles. The summed E-state index contributed by atoms with van der Waals surface area (Å²) in [6.45, 7) is 6.54. The molecule has 30 heavy (non-hydrogen) atoms. The predicted molar refractivity (Wildman–Crippen MR) is 116 cm³/mol. The Morgan fingerprint density at radius 1 is 0.867 bits per heavy atom. The highest BCUT2D eigenvalue weighted by Gasteiger charge is 2.40. The van der Waals surface area contributed by atoms with Gasteiger partial charge in [0.1, 0.15) is 11.4 Å². The number of rotatable bonds is 6. The molecule has 2 aromatic carbocycles. The van der Waals surface area contributed by atoms with Gasteiger partial charge in [-0.2, -0.15) is 0 Å². The third-order valence-corrected chi connectivity index (χ3v) is 5.65. The first-order valence-electron chi connectivity index (χ1n) is 10.4. The molecule has 2 aliphatic heterocycles. The molecule has 0 aromatic heterocycles. The monoisotopic (exact) mass is 405 g/mol. The Labute approximate surface area is 177 Å². The number of hydrogen-bond acceptors (Lipinski definition) is 5. The van der Waals surface area contributed by atoms with Gasteiger partial charge in [-0.1, -0.05) is 42.5 Å². The second-order valence-electron chi connectivity index (χ2n) is 7.60. The van der Waals surface area contributed by atoms with Gasteiger partial charge in [-0.05, 0) is 30.2 Å². The van der Waals surface area contributed by atoms with E-state index in [1.807, 2.05) is 37.3 Å². The molecule has 2 amide bonds. The Balaban J connectivity index is 1.54. The molecule has 1 fully saturated rings. The van der Waals surface area contributed by atoms with E-state index in [1.54, 1.807) is 7.05 Å². The molecule has 0 radical (unpaired) electrons. The zero-order valence-corrected chi connectivity index (χ0v) is 17.5. The lowest BCUT2D eigenvalue weighted by Crippen LogP contribution is -2.46. The Kier molecular flexibility index (Phi) is 5.86. The van der Waals surface area contributed by atoms with Crippen LogP contribution in [-0.4, -0.2) is 66.3 Å². The van der Waals surface area contributed by atoms with Crippen molar-refractivity contribution in [3.05, 3.63) is 71.4 Å². The van der Waals surface area contributed by atoms with Crippen molar-refractivity contribution in [2.45, 2.75) is 13.5 Å². The van der Waals surface area contributed by atoms with Crippen molar-refractivity contribution in [2.24, 2.45) is 0 Å². The fourth-order valence-corrected chi connectivity index (χ4v) is 4.04. The molecule has 0 spiro atoms. The van der Waals surface area contributed by atoms with Gasteiger partial charge in [0, 0.05) is 39.8 Å². The third-order valence-electron chi connectivity index (χ3n) is 5.65. The molecule has 2 heterocycles. The highest BCUT2D eigenvalue weighted by atomic mass is 16.5. The van der Waals surface area contributed by atoms with Crippen LogP contribution in [0.4, 0.5) is 0 Å². The van der Waals surface area contributed by atoms with Crippen LogP contribution >= 0.6 is 0 Å². The van der Waals surface area contributed by atoms with Gasteiger partial charge in [0.2, 0.25) is 0 Å². The summed E-state index contributed by atoms with van der Waals surface area (Å²) in [5, 5.41) is 0. The molecule has 0 bridgehead atoms. The molecule has 2 aliphatic rings. The second-order valence-corrected chi connectivity index (χ2v) is 7.60. The number of hydrogen-bond donors (Lipinski definition) is 0. The van der Waals surface area contributed by atoms with Crippen molar-refractivity contribution in [1.82, 2.24) is 14.7 Å². The van der Waals surface area contributed by atoms with Gasteiger partial charge in [0.15, 0.2) is 0 Å². The maximum atomic E-state index is 12.9. The molecule has 0 N–H and O–H groups in total. The van der Waals surface area contributed by atoms with Crippen LogP contribution in [-0.2, 0) is 16.1 Å². The zero-order chi connectivity index (χ0) is 21.1. The number of piperazine rings is 1. The minimum absolute atomic E-state index is 0.222. The minimum atomic E-state index is -0.245. The number of imide groups is 1. The molecular formula is C24H27N3O3. The summed E-state index contributed by atoms with van der Waals surface area (Å²) in [5.41, 5.74) is 3.04. The maximum Gasteiger partial charge on any atom is 0.277 e. The van der Waals surface area contributed by atoms with E-state index in [4.69, 9.17) is 4.74 Å². The van der Waals surface area contributed by atoms with Crippen LogP contribution < -0.4 is 4.74 Å². The van der Waals surface area contributed by atoms with Crippen molar-refractivity contribution in [2.75, 3.05) is 39.8 Å². The van der Waals surface area contributed by atoms with Gasteiger partial charge in [-0.15, -0.1) is 0 Å². The SMILES string of the molecule is CCOc1ccc(C2=C(N3CCN(Cc4ccccc4)CC3)C(=O)N(C)C2=O)cc1. The van der Waals surface area contributed by atoms with Crippen molar-refractivity contribution in [3.63, 3.8) is 0 Å². The fourth-order valence-electron chi connectivity index (χ4n) is 4.04. The number of likely N-dealkylation sites (N-methyl/N-ethyl adjacent to an activating group) is 1. The highest BCUT2D eigenvalue weighted by molar-refractivity contribution is 6.35. The van der Waals surface area contributed by atoms with E-state index < -0.39 is 0 Å². The normalized spacial score (nSPS) is 17.8. The number of benzene rings is 2. The molecule has 2 aromatic rings. The largest absolute Gasteiger partial charge is 0.494 e. The molecule has 0 aliphatic carbocycles. The Hall–Kier alpha value is -3.12. The van der Waals surface area contributed by atoms with E-state index in [0.717, 1.165) is 44.0 Å². The van der Waals surface area contributed by atoms with Crippen LogP contribution in [0.3, 0.4) is 0 Å². The molecule has 0 atom stereocenters. The van der Waals surface area contributed by atoms with Crippen molar-refractivity contribution in [3.8, 4) is 5.75 Å². The van der Waals surface area contributed by atoms with E-state index in [1.165, 1.54) is 10.5 Å². The van der Waals surface area contributed by atoms with Gasteiger partial charge in [0.25, 0.3) is 11.8 Å². The van der Waals surface area contributed by atoms with Crippen LogP contribution in [0.15, 0.2) is 60.3 Å². The summed E-state index contributed by atoms with van der Waals surface area (Å²) in [4.78, 5) is 31.4. The summed E-state index contributed by atoms with van der Waals surface area (Å²) in [6.07, 6.45) is 0. The summed E-state index contributed by atoms with van der Waals surface area (Å²) < 4.78 is 5.50. The number of amides is 2. The first-order valence-corrected chi connectivity index (χ1v) is 10.4. The number of carbonyl (C=O) groups is 2. The average Bonchev–Trinajstić information content (AvgIpc) is 3.00. The van der Waals surface area contributed by atoms with E-state index in [9.17, 15) is 9.59 Å². The first kappa shape index (κ1) is 20.2. The van der Waals surface area contributed by atoms with Crippen LogP contribution in [0, 0.1) is 0 Å². The van der Waals surface area contributed by atoms with Crippen molar-refractivity contribution >= 4 is 17.4 Å². The predicted octanol–water partition coefficient (Wildman–Crippen LogP) is 2.61. The van der Waals surface area contributed by atoms with Gasteiger partial charge in [0.05, 0.1) is 12.2 Å². The topological polar surface area (TPSA) is 53.1 Å². The quantitative estimate of drug-likeness (QED) is 0.692. The molecule has 6 nitrogen and oxygen atoms in total. The van der Waals surface area contributed by atoms with E-state index in [-0.39, 0.29) is 11.8 Å². The molecular weight excluding hydrogens is 378 g/mol. The standard InChI is InChI=1S/C24H27N3O3/c1-3-30-20-11-9-19(10-12-20)21-22(24(29)25(2)23(21)28)27-15-13-26(14-16-27)17-18-7-5-4-6-8-18/h4-12H,3,13-17H2,1-2H3. The van der Waals surface area contributed by atoms with Gasteiger partial charge < -0.3 is 9.64 Å². The summed E-state index contributed by atoms with van der Waals surface area (Å²) >= 11 is 0. The lowest BCUT2D eigenvalue weighted by Gasteiger charge is -2.36. The highest BCUT2D eigenvalue weighted by Crippen LogP contribution is 2.32. The van der Waals surface area contributed by atoms with Crippen LogP contribution in [0.25, 0.3) is 5.57 Å². The Morgan fingerprint density at radius 3 is 2.17 bits per heavy atom. The molecule has 0 saturated carbocycles. The summed E-state index contributed by atoms with van der Waals surface area (Å²) in [5.74, 6) is 0.286. The molecule has 156 valence electrons. The van der Waals surface area contributed by atoms with Crippen LogP contribution in [0.5, 0.6) is 5.75 Å². The van der Waals surface area contributed by atoms with Crippen LogP contribution in [0.2, 0.25) is 0 Å². The fraction of sp³-hybridized carbons (Fsp3) is 0.333. The Bertz CT molecular complexity index is 945. The second kappa shape index (κ2) is 8.71. The van der Waals surface area contributed by atoms with Crippen molar-refractivity contribution in [1.29, 1.82) is 0 Å². The van der Waals surface area contributed by atoms with Gasteiger partial charge in [-0.25, -0.2) is 0 Å². The van der Waals surface area contributed by atoms with Gasteiger partial charge >= 0.3 is 0 Å². The third kappa shape index (κ3) is 3.96. The van der Waals surface area contributed by atoms with E-state index in [0.29, 0.717) is 17.9 Å². The maximum absolute atomic E-state index is 12.9. The van der Waals surface area contributed by atoms with Crippen LogP contribution in [0.1, 0.15) is 18.1 Å².